The van der Waals surface area contributed by atoms with Gasteiger partial charge in [0.15, 0.2) is 0 Å². The molecule has 0 amide bonds. The van der Waals surface area contributed by atoms with Crippen molar-refractivity contribution in [3.8, 4) is 0 Å². The minimum atomic E-state index is 0.794. The number of anilines is 1. The first-order valence-corrected chi connectivity index (χ1v) is 6.24. The first kappa shape index (κ1) is 11.0. The predicted molar refractivity (Wildman–Crippen MR) is 67.6 cm³/mol. The number of rotatable bonds is 4. The van der Waals surface area contributed by atoms with Crippen molar-refractivity contribution < 1.29 is 0 Å². The van der Waals surface area contributed by atoms with Crippen molar-refractivity contribution >= 4 is 17.4 Å². The van der Waals surface area contributed by atoms with Crippen LogP contribution >= 0.6 is 11.8 Å². The molecular weight excluding hydrogens is 218 g/mol. The Bertz CT molecular complexity index is 428. The van der Waals surface area contributed by atoms with Gasteiger partial charge in [-0.3, -0.25) is 4.98 Å². The molecule has 2 aromatic heterocycles. The van der Waals surface area contributed by atoms with Gasteiger partial charge in [-0.2, -0.15) is 0 Å². The maximum absolute atomic E-state index is 4.30. The molecule has 2 aromatic rings. The number of hydrogen-bond acceptors (Lipinski definition) is 4. The maximum atomic E-state index is 4.30. The number of nitrogens with one attached hydrogen (secondary N) is 1. The van der Waals surface area contributed by atoms with E-state index in [4.69, 9.17) is 0 Å². The molecule has 2 heterocycles. The van der Waals surface area contributed by atoms with Gasteiger partial charge in [-0.15, -0.1) is 11.8 Å². The summed E-state index contributed by atoms with van der Waals surface area (Å²) in [4.78, 5) is 8.28. The van der Waals surface area contributed by atoms with Crippen LogP contribution in [0.4, 0.5) is 5.69 Å². The molecular formula is C12H13N3S. The number of thioether (sulfide) groups is 1. The Kier molecular flexibility index (Phi) is 3.77. The summed E-state index contributed by atoms with van der Waals surface area (Å²) >= 11 is 1.64. The fourth-order valence-electron chi connectivity index (χ4n) is 1.31. The van der Waals surface area contributed by atoms with Crippen molar-refractivity contribution in [1.29, 1.82) is 0 Å². The van der Waals surface area contributed by atoms with Crippen LogP contribution < -0.4 is 5.32 Å². The quantitative estimate of drug-likeness (QED) is 0.821. The van der Waals surface area contributed by atoms with Crippen molar-refractivity contribution in [2.75, 3.05) is 11.6 Å². The maximum Gasteiger partial charge on any atom is 0.0958 e. The lowest BCUT2D eigenvalue weighted by atomic mass is 10.2. The lowest BCUT2D eigenvalue weighted by Gasteiger charge is -2.06. The van der Waals surface area contributed by atoms with Gasteiger partial charge in [0.2, 0.25) is 0 Å². The van der Waals surface area contributed by atoms with E-state index < -0.39 is 0 Å². The largest absolute Gasteiger partial charge is 0.380 e. The zero-order valence-corrected chi connectivity index (χ0v) is 9.87. The fourth-order valence-corrected chi connectivity index (χ4v) is 1.67. The van der Waals surface area contributed by atoms with Crippen LogP contribution in [0, 0.1) is 0 Å². The van der Waals surface area contributed by atoms with Gasteiger partial charge in [0, 0.05) is 18.9 Å². The van der Waals surface area contributed by atoms with E-state index in [1.54, 1.807) is 24.2 Å². The van der Waals surface area contributed by atoms with Gasteiger partial charge < -0.3 is 5.32 Å². The fraction of sp³-hybridized carbons (Fsp3) is 0.167. The van der Waals surface area contributed by atoms with E-state index in [0.29, 0.717) is 0 Å². The average molecular weight is 231 g/mol. The molecule has 3 nitrogen and oxygen atoms in total. The van der Waals surface area contributed by atoms with Crippen LogP contribution in [0.3, 0.4) is 0 Å². The molecule has 1 N–H and O–H groups in total. The molecule has 0 atom stereocenters. The lowest BCUT2D eigenvalue weighted by Crippen LogP contribution is -1.99. The van der Waals surface area contributed by atoms with Crippen molar-refractivity contribution in [2.24, 2.45) is 0 Å². The Balaban J connectivity index is 1.94. The number of nitrogens with zero attached hydrogens (tertiary/aromatic N) is 2. The standard InChI is InChI=1S/C12H13N3S/c1-16-12-3-2-11(9-15-12)14-8-10-4-6-13-7-5-10/h2-7,9,14H,8H2,1H3. The molecule has 82 valence electrons. The van der Waals surface area contributed by atoms with Gasteiger partial charge in [0.1, 0.15) is 0 Å². The van der Waals surface area contributed by atoms with Crippen molar-refractivity contribution in [3.05, 3.63) is 48.4 Å². The third-order valence-corrected chi connectivity index (χ3v) is 2.85. The second-order valence-electron chi connectivity index (χ2n) is 3.30. The minimum absolute atomic E-state index is 0.794. The Morgan fingerprint density at radius 1 is 1.19 bits per heavy atom. The van der Waals surface area contributed by atoms with Gasteiger partial charge in [-0.25, -0.2) is 4.98 Å². The summed E-state index contributed by atoms with van der Waals surface area (Å²) in [6.45, 7) is 0.794. The molecule has 0 aromatic carbocycles. The molecule has 0 aliphatic heterocycles. The third-order valence-electron chi connectivity index (χ3n) is 2.19. The monoisotopic (exact) mass is 231 g/mol. The zero-order chi connectivity index (χ0) is 11.2. The van der Waals surface area contributed by atoms with Crippen LogP contribution in [-0.2, 0) is 6.54 Å². The first-order chi connectivity index (χ1) is 7.88. The molecule has 0 aliphatic carbocycles. The molecule has 0 saturated carbocycles. The van der Waals surface area contributed by atoms with E-state index in [9.17, 15) is 0 Å². The third kappa shape index (κ3) is 2.97. The molecule has 4 heteroatoms. The number of hydrogen-bond donors (Lipinski definition) is 1. The van der Waals surface area contributed by atoms with Gasteiger partial charge in [-0.05, 0) is 36.1 Å². The highest BCUT2D eigenvalue weighted by Crippen LogP contribution is 2.14. The summed E-state index contributed by atoms with van der Waals surface area (Å²) in [6.07, 6.45) is 7.47. The van der Waals surface area contributed by atoms with Crippen LogP contribution in [0.15, 0.2) is 47.9 Å². The van der Waals surface area contributed by atoms with Gasteiger partial charge in [0.25, 0.3) is 0 Å². The average Bonchev–Trinajstić information content (AvgIpc) is 2.38. The van der Waals surface area contributed by atoms with Crippen molar-refractivity contribution in [2.45, 2.75) is 11.6 Å². The van der Waals surface area contributed by atoms with Crippen LogP contribution in [0.25, 0.3) is 0 Å². The number of aromatic nitrogens is 2. The molecule has 2 rings (SSSR count). The normalized spacial score (nSPS) is 10.1. The van der Waals surface area contributed by atoms with E-state index in [0.717, 1.165) is 17.3 Å². The zero-order valence-electron chi connectivity index (χ0n) is 9.05. The number of pyridine rings is 2. The highest BCUT2D eigenvalue weighted by Gasteiger charge is 1.95. The Hall–Kier alpha value is -1.55. The molecule has 0 spiro atoms. The second-order valence-corrected chi connectivity index (χ2v) is 4.12. The molecule has 16 heavy (non-hydrogen) atoms. The highest BCUT2D eigenvalue weighted by atomic mass is 32.2. The molecule has 0 saturated heterocycles. The van der Waals surface area contributed by atoms with Crippen molar-refractivity contribution in [1.82, 2.24) is 9.97 Å². The van der Waals surface area contributed by atoms with Gasteiger partial charge in [-0.1, -0.05) is 0 Å². The summed E-state index contributed by atoms with van der Waals surface area (Å²) in [5.41, 5.74) is 2.25. The topological polar surface area (TPSA) is 37.8 Å². The van der Waals surface area contributed by atoms with Gasteiger partial charge >= 0.3 is 0 Å². The summed E-state index contributed by atoms with van der Waals surface area (Å²) in [6, 6.07) is 8.05. The van der Waals surface area contributed by atoms with E-state index in [2.05, 4.69) is 15.3 Å². The molecule has 0 bridgehead atoms. The Labute approximate surface area is 99.3 Å². The minimum Gasteiger partial charge on any atom is -0.380 e. The lowest BCUT2D eigenvalue weighted by molar-refractivity contribution is 1.09. The van der Waals surface area contributed by atoms with Crippen LogP contribution in [-0.4, -0.2) is 16.2 Å². The molecule has 0 aliphatic rings. The summed E-state index contributed by atoms with van der Waals surface area (Å²) < 4.78 is 0. The second kappa shape index (κ2) is 5.51. The molecule has 0 unspecified atom stereocenters. The highest BCUT2D eigenvalue weighted by molar-refractivity contribution is 7.98. The summed E-state index contributed by atoms with van der Waals surface area (Å²) in [7, 11) is 0. The van der Waals surface area contributed by atoms with E-state index >= 15 is 0 Å². The van der Waals surface area contributed by atoms with Crippen molar-refractivity contribution in [3.63, 3.8) is 0 Å². The van der Waals surface area contributed by atoms with E-state index in [1.807, 2.05) is 36.7 Å². The van der Waals surface area contributed by atoms with E-state index in [-0.39, 0.29) is 0 Å². The Morgan fingerprint density at radius 2 is 2.00 bits per heavy atom. The first-order valence-electron chi connectivity index (χ1n) is 5.01. The smallest absolute Gasteiger partial charge is 0.0958 e. The molecule has 0 fully saturated rings. The summed E-state index contributed by atoms with van der Waals surface area (Å²) in [5, 5.41) is 4.35. The predicted octanol–water partition coefficient (Wildman–Crippen LogP) is 2.81. The van der Waals surface area contributed by atoms with Crippen LogP contribution in [0.1, 0.15) is 5.56 Å². The molecule has 0 radical (unpaired) electrons. The SMILES string of the molecule is CSc1ccc(NCc2ccncc2)cn1. The van der Waals surface area contributed by atoms with Gasteiger partial charge in [0.05, 0.1) is 16.9 Å². The van der Waals surface area contributed by atoms with E-state index in [1.165, 1.54) is 5.56 Å². The van der Waals surface area contributed by atoms with Crippen LogP contribution in [0.5, 0.6) is 0 Å². The van der Waals surface area contributed by atoms with Crippen LogP contribution in [0.2, 0.25) is 0 Å². The Morgan fingerprint density at radius 3 is 2.62 bits per heavy atom. The summed E-state index contributed by atoms with van der Waals surface area (Å²) in [5.74, 6) is 0.